The summed E-state index contributed by atoms with van der Waals surface area (Å²) in [6.07, 6.45) is 4.99. The van der Waals surface area contributed by atoms with E-state index < -0.39 is 5.97 Å². The molecule has 1 N–H and O–H groups in total. The maximum absolute atomic E-state index is 10.6. The van der Waals surface area contributed by atoms with Gasteiger partial charge in [0.15, 0.2) is 11.5 Å². The van der Waals surface area contributed by atoms with Gasteiger partial charge in [0.05, 0.1) is 6.61 Å². The summed E-state index contributed by atoms with van der Waals surface area (Å²) in [6, 6.07) is 3.50. The Morgan fingerprint density at radius 3 is 2.79 bits per heavy atom. The molecule has 1 aromatic rings. The van der Waals surface area contributed by atoms with Gasteiger partial charge < -0.3 is 19.3 Å². The number of hydrogen-bond donors (Lipinski definition) is 1. The Kier molecular flexibility index (Phi) is 3.03. The molecule has 1 aliphatic carbocycles. The van der Waals surface area contributed by atoms with Gasteiger partial charge in [0.25, 0.3) is 0 Å². The normalized spacial score (nSPS) is 16.8. The summed E-state index contributed by atoms with van der Waals surface area (Å²) < 4.78 is 16.3. The Bertz CT molecular complexity index is 531. The van der Waals surface area contributed by atoms with E-state index in [2.05, 4.69) is 0 Å². The quantitative estimate of drug-likeness (QED) is 0.825. The highest BCUT2D eigenvalue weighted by atomic mass is 16.7. The minimum atomic E-state index is -0.995. The SMILES string of the molecule is O=C(O)C=Cc1cc2c(cc1OCC1CC1)OCO2. The van der Waals surface area contributed by atoms with Gasteiger partial charge in [0.2, 0.25) is 6.79 Å². The van der Waals surface area contributed by atoms with Crippen molar-refractivity contribution in [3.63, 3.8) is 0 Å². The van der Waals surface area contributed by atoms with Crippen molar-refractivity contribution in [1.82, 2.24) is 0 Å². The first-order valence-electron chi connectivity index (χ1n) is 6.20. The van der Waals surface area contributed by atoms with Gasteiger partial charge in [0, 0.05) is 17.7 Å². The van der Waals surface area contributed by atoms with E-state index >= 15 is 0 Å². The third-order valence-corrected chi connectivity index (χ3v) is 3.08. The van der Waals surface area contributed by atoms with E-state index in [-0.39, 0.29) is 6.79 Å². The van der Waals surface area contributed by atoms with Crippen molar-refractivity contribution in [3.8, 4) is 17.2 Å². The van der Waals surface area contributed by atoms with E-state index in [4.69, 9.17) is 19.3 Å². The molecule has 0 aromatic heterocycles. The van der Waals surface area contributed by atoms with Gasteiger partial charge in [-0.15, -0.1) is 0 Å². The molecule has 0 amide bonds. The Morgan fingerprint density at radius 2 is 2.11 bits per heavy atom. The van der Waals surface area contributed by atoms with Crippen LogP contribution in [0.4, 0.5) is 0 Å². The van der Waals surface area contributed by atoms with Crippen molar-refractivity contribution in [1.29, 1.82) is 0 Å². The number of carboxylic acids is 1. The molecule has 2 aliphatic rings. The minimum Gasteiger partial charge on any atom is -0.493 e. The summed E-state index contributed by atoms with van der Waals surface area (Å²) in [7, 11) is 0. The molecule has 100 valence electrons. The predicted octanol–water partition coefficient (Wildman–Crippen LogP) is 2.30. The molecule has 0 unspecified atom stereocenters. The molecule has 0 bridgehead atoms. The third-order valence-electron chi connectivity index (χ3n) is 3.08. The van der Waals surface area contributed by atoms with Gasteiger partial charge in [0.1, 0.15) is 5.75 Å². The van der Waals surface area contributed by atoms with Crippen LogP contribution in [0.15, 0.2) is 18.2 Å². The zero-order valence-electron chi connectivity index (χ0n) is 10.3. The van der Waals surface area contributed by atoms with Crippen molar-refractivity contribution < 1.29 is 24.1 Å². The number of ether oxygens (including phenoxy) is 3. The van der Waals surface area contributed by atoms with E-state index in [0.717, 1.165) is 6.08 Å². The molecule has 1 saturated carbocycles. The number of benzene rings is 1. The van der Waals surface area contributed by atoms with Crippen LogP contribution in [-0.2, 0) is 4.79 Å². The van der Waals surface area contributed by atoms with E-state index in [0.29, 0.717) is 35.3 Å². The number of hydrogen-bond acceptors (Lipinski definition) is 4. The van der Waals surface area contributed by atoms with Crippen molar-refractivity contribution in [2.45, 2.75) is 12.8 Å². The Hall–Kier alpha value is -2.17. The maximum Gasteiger partial charge on any atom is 0.328 e. The fourth-order valence-electron chi connectivity index (χ4n) is 1.85. The highest BCUT2D eigenvalue weighted by Gasteiger charge is 2.23. The zero-order valence-corrected chi connectivity index (χ0v) is 10.3. The Balaban J connectivity index is 1.86. The fraction of sp³-hybridized carbons (Fsp3) is 0.357. The second-order valence-electron chi connectivity index (χ2n) is 4.67. The molecule has 1 aromatic carbocycles. The lowest BCUT2D eigenvalue weighted by molar-refractivity contribution is -0.131. The van der Waals surface area contributed by atoms with Gasteiger partial charge in [-0.3, -0.25) is 0 Å². The smallest absolute Gasteiger partial charge is 0.328 e. The molecular formula is C14H14O5. The predicted molar refractivity (Wildman–Crippen MR) is 67.5 cm³/mol. The molecule has 1 heterocycles. The molecule has 0 spiro atoms. The number of carbonyl (C=O) groups is 1. The molecule has 19 heavy (non-hydrogen) atoms. The van der Waals surface area contributed by atoms with Crippen molar-refractivity contribution >= 4 is 12.0 Å². The number of aliphatic carboxylic acids is 1. The second kappa shape index (κ2) is 4.84. The van der Waals surface area contributed by atoms with Crippen LogP contribution in [0.1, 0.15) is 18.4 Å². The van der Waals surface area contributed by atoms with Crippen molar-refractivity contribution in [2.75, 3.05) is 13.4 Å². The molecule has 0 atom stereocenters. The third kappa shape index (κ3) is 2.81. The van der Waals surface area contributed by atoms with E-state index in [1.54, 1.807) is 12.1 Å². The van der Waals surface area contributed by atoms with Crippen LogP contribution in [0.2, 0.25) is 0 Å². The first-order chi connectivity index (χ1) is 9.22. The summed E-state index contributed by atoms with van der Waals surface area (Å²) in [4.78, 5) is 10.6. The van der Waals surface area contributed by atoms with Crippen LogP contribution in [0.5, 0.6) is 17.2 Å². The average Bonchev–Trinajstić information content (AvgIpc) is 3.10. The van der Waals surface area contributed by atoms with Crippen LogP contribution in [0, 0.1) is 5.92 Å². The van der Waals surface area contributed by atoms with E-state index in [9.17, 15) is 4.79 Å². The lowest BCUT2D eigenvalue weighted by Gasteiger charge is -2.10. The standard InChI is InChI=1S/C14H14O5/c15-14(16)4-3-10-5-12-13(19-8-18-12)6-11(10)17-7-9-1-2-9/h3-6,9H,1-2,7-8H2,(H,15,16). The van der Waals surface area contributed by atoms with Gasteiger partial charge >= 0.3 is 5.97 Å². The van der Waals surface area contributed by atoms with Gasteiger partial charge in [-0.1, -0.05) is 0 Å². The monoisotopic (exact) mass is 262 g/mol. The lowest BCUT2D eigenvalue weighted by Crippen LogP contribution is -2.00. The summed E-state index contributed by atoms with van der Waals surface area (Å²) in [5, 5.41) is 8.70. The van der Waals surface area contributed by atoms with E-state index in [1.807, 2.05) is 0 Å². The Labute approximate surface area is 110 Å². The number of fused-ring (bicyclic) bond motifs is 1. The topological polar surface area (TPSA) is 65.0 Å². The maximum atomic E-state index is 10.6. The molecule has 3 rings (SSSR count). The molecular weight excluding hydrogens is 248 g/mol. The van der Waals surface area contributed by atoms with Gasteiger partial charge in [-0.2, -0.15) is 0 Å². The summed E-state index contributed by atoms with van der Waals surface area (Å²) in [5.41, 5.74) is 0.687. The average molecular weight is 262 g/mol. The van der Waals surface area contributed by atoms with Gasteiger partial charge in [-0.05, 0) is 30.9 Å². The molecule has 0 radical (unpaired) electrons. The van der Waals surface area contributed by atoms with Crippen molar-refractivity contribution in [3.05, 3.63) is 23.8 Å². The van der Waals surface area contributed by atoms with Gasteiger partial charge in [-0.25, -0.2) is 4.79 Å². The number of carboxylic acid groups (broad SMARTS) is 1. The number of rotatable bonds is 5. The lowest BCUT2D eigenvalue weighted by atomic mass is 10.1. The Morgan fingerprint density at radius 1 is 1.37 bits per heavy atom. The van der Waals surface area contributed by atoms with Crippen LogP contribution >= 0.6 is 0 Å². The largest absolute Gasteiger partial charge is 0.493 e. The summed E-state index contributed by atoms with van der Waals surface area (Å²) in [5.74, 6) is 1.52. The first kappa shape index (κ1) is 11.9. The van der Waals surface area contributed by atoms with Crippen molar-refractivity contribution in [2.24, 2.45) is 5.92 Å². The molecule has 5 heteroatoms. The second-order valence-corrected chi connectivity index (χ2v) is 4.67. The molecule has 1 fully saturated rings. The van der Waals surface area contributed by atoms with E-state index in [1.165, 1.54) is 18.9 Å². The highest BCUT2D eigenvalue weighted by molar-refractivity contribution is 5.86. The van der Waals surface area contributed by atoms with Crippen LogP contribution in [-0.4, -0.2) is 24.5 Å². The first-order valence-corrected chi connectivity index (χ1v) is 6.20. The minimum absolute atomic E-state index is 0.184. The fourth-order valence-corrected chi connectivity index (χ4v) is 1.85. The van der Waals surface area contributed by atoms with Crippen LogP contribution < -0.4 is 14.2 Å². The summed E-state index contributed by atoms with van der Waals surface area (Å²) in [6.45, 7) is 0.844. The van der Waals surface area contributed by atoms with Crippen LogP contribution in [0.25, 0.3) is 6.08 Å². The van der Waals surface area contributed by atoms with Crippen LogP contribution in [0.3, 0.4) is 0 Å². The molecule has 5 nitrogen and oxygen atoms in total. The summed E-state index contributed by atoms with van der Waals surface area (Å²) >= 11 is 0. The zero-order chi connectivity index (χ0) is 13.2. The highest BCUT2D eigenvalue weighted by Crippen LogP contribution is 2.39. The molecule has 0 saturated heterocycles. The molecule has 1 aliphatic heterocycles.